The van der Waals surface area contributed by atoms with Crippen LogP contribution in [0, 0.1) is 0 Å². The summed E-state index contributed by atoms with van der Waals surface area (Å²) < 4.78 is 5.52. The van der Waals surface area contributed by atoms with Crippen molar-refractivity contribution in [2.75, 3.05) is 25.0 Å². The van der Waals surface area contributed by atoms with Crippen LogP contribution in [0.25, 0.3) is 0 Å². The molecular formula is C19H28N2O2. The van der Waals surface area contributed by atoms with Gasteiger partial charge in [-0.25, -0.2) is 4.79 Å². The maximum Gasteiger partial charge on any atom is 0.410 e. The molecule has 1 amide bonds. The van der Waals surface area contributed by atoms with E-state index in [0.29, 0.717) is 0 Å². The number of likely N-dealkylation sites (tertiary alicyclic amines) is 1. The van der Waals surface area contributed by atoms with Gasteiger partial charge in [-0.3, -0.25) is 0 Å². The van der Waals surface area contributed by atoms with Gasteiger partial charge in [-0.1, -0.05) is 18.2 Å². The third-order valence-corrected chi connectivity index (χ3v) is 5.02. The van der Waals surface area contributed by atoms with Crippen molar-refractivity contribution in [1.29, 1.82) is 0 Å². The van der Waals surface area contributed by atoms with Gasteiger partial charge in [0.1, 0.15) is 5.60 Å². The minimum absolute atomic E-state index is 0.174. The van der Waals surface area contributed by atoms with E-state index < -0.39 is 5.60 Å². The van der Waals surface area contributed by atoms with E-state index in [1.54, 1.807) is 0 Å². The van der Waals surface area contributed by atoms with Crippen molar-refractivity contribution in [2.24, 2.45) is 0 Å². The number of benzene rings is 1. The predicted molar refractivity (Wildman–Crippen MR) is 92.9 cm³/mol. The van der Waals surface area contributed by atoms with Crippen molar-refractivity contribution >= 4 is 11.8 Å². The minimum atomic E-state index is -0.426. The highest BCUT2D eigenvalue weighted by molar-refractivity contribution is 5.68. The highest BCUT2D eigenvalue weighted by Gasteiger charge is 2.40. The molecule has 4 heteroatoms. The summed E-state index contributed by atoms with van der Waals surface area (Å²) in [5.74, 6) is 0. The van der Waals surface area contributed by atoms with Gasteiger partial charge in [-0.05, 0) is 58.1 Å². The third-order valence-electron chi connectivity index (χ3n) is 5.02. The Balaban J connectivity index is 1.74. The molecule has 1 aromatic rings. The zero-order chi connectivity index (χ0) is 16.5. The molecule has 2 aliphatic rings. The van der Waals surface area contributed by atoms with E-state index in [9.17, 15) is 4.79 Å². The number of anilines is 1. The number of para-hydroxylation sites is 1. The smallest absolute Gasteiger partial charge is 0.410 e. The van der Waals surface area contributed by atoms with Gasteiger partial charge in [0, 0.05) is 30.7 Å². The molecule has 1 aromatic carbocycles. The molecule has 0 radical (unpaired) electrons. The van der Waals surface area contributed by atoms with Crippen molar-refractivity contribution in [2.45, 2.75) is 57.5 Å². The van der Waals surface area contributed by atoms with Gasteiger partial charge < -0.3 is 15.0 Å². The molecule has 3 rings (SSSR count). The summed E-state index contributed by atoms with van der Waals surface area (Å²) >= 11 is 0. The fraction of sp³-hybridized carbons (Fsp3) is 0.632. The number of hydrogen-bond acceptors (Lipinski definition) is 3. The second-order valence-corrected chi connectivity index (χ2v) is 7.82. The molecule has 0 aliphatic carbocycles. The van der Waals surface area contributed by atoms with E-state index in [2.05, 4.69) is 29.6 Å². The molecule has 1 N–H and O–H groups in total. The Bertz CT molecular complexity index is 569. The van der Waals surface area contributed by atoms with Crippen LogP contribution in [-0.4, -0.2) is 36.2 Å². The topological polar surface area (TPSA) is 41.6 Å². The van der Waals surface area contributed by atoms with Crippen LogP contribution in [0.15, 0.2) is 24.3 Å². The summed E-state index contributed by atoms with van der Waals surface area (Å²) in [6.45, 7) is 8.36. The van der Waals surface area contributed by atoms with Gasteiger partial charge in [-0.2, -0.15) is 0 Å². The molecule has 2 aliphatic heterocycles. The van der Waals surface area contributed by atoms with Gasteiger partial charge in [0.15, 0.2) is 0 Å². The Hall–Kier alpha value is -1.71. The first kappa shape index (κ1) is 16.2. The van der Waals surface area contributed by atoms with E-state index in [-0.39, 0.29) is 11.5 Å². The number of nitrogens with one attached hydrogen (secondary N) is 1. The van der Waals surface area contributed by atoms with Crippen LogP contribution in [0.5, 0.6) is 0 Å². The molecule has 1 saturated heterocycles. The average molecular weight is 316 g/mol. The van der Waals surface area contributed by atoms with E-state index >= 15 is 0 Å². The predicted octanol–water partition coefficient (Wildman–Crippen LogP) is 4.16. The Morgan fingerprint density at radius 1 is 1.17 bits per heavy atom. The van der Waals surface area contributed by atoms with E-state index in [4.69, 9.17) is 4.74 Å². The lowest BCUT2D eigenvalue weighted by molar-refractivity contribution is 0.0159. The Labute approximate surface area is 139 Å². The molecule has 2 heterocycles. The molecule has 0 saturated carbocycles. The normalized spacial score (nSPS) is 20.4. The van der Waals surface area contributed by atoms with Crippen molar-refractivity contribution < 1.29 is 9.53 Å². The Kier molecular flexibility index (Phi) is 4.26. The van der Waals surface area contributed by atoms with Crippen LogP contribution in [-0.2, 0) is 10.2 Å². The molecule has 0 aromatic heterocycles. The van der Waals surface area contributed by atoms with Gasteiger partial charge in [0.2, 0.25) is 0 Å². The number of fused-ring (bicyclic) bond motifs is 2. The molecule has 1 spiro atoms. The highest BCUT2D eigenvalue weighted by atomic mass is 16.6. The fourth-order valence-electron chi connectivity index (χ4n) is 3.85. The van der Waals surface area contributed by atoms with Crippen molar-refractivity contribution in [1.82, 2.24) is 4.90 Å². The number of piperidine rings is 1. The summed E-state index contributed by atoms with van der Waals surface area (Å²) in [5.41, 5.74) is 2.49. The second-order valence-electron chi connectivity index (χ2n) is 7.82. The molecular weight excluding hydrogens is 288 g/mol. The second kappa shape index (κ2) is 6.06. The number of carbonyl (C=O) groups is 1. The van der Waals surface area contributed by atoms with Gasteiger partial charge in [0.25, 0.3) is 0 Å². The lowest BCUT2D eigenvalue weighted by Crippen LogP contribution is -2.46. The molecule has 4 nitrogen and oxygen atoms in total. The number of carbonyl (C=O) groups excluding carboxylic acids is 1. The third kappa shape index (κ3) is 3.46. The molecule has 0 atom stereocenters. The van der Waals surface area contributed by atoms with E-state index in [1.807, 2.05) is 25.7 Å². The Morgan fingerprint density at radius 3 is 2.57 bits per heavy atom. The standard InChI is InChI=1S/C19H28N2O2/c1-18(2,3)23-17(22)21-13-10-19(11-14-21)9-6-12-20-16-8-5-4-7-15(16)19/h4-5,7-8,20H,6,9-14H2,1-3H3. The number of ether oxygens (including phenoxy) is 1. The maximum atomic E-state index is 12.3. The fourth-order valence-corrected chi connectivity index (χ4v) is 3.85. The molecule has 0 bridgehead atoms. The first-order valence-electron chi connectivity index (χ1n) is 8.71. The molecule has 23 heavy (non-hydrogen) atoms. The summed E-state index contributed by atoms with van der Waals surface area (Å²) in [4.78, 5) is 14.2. The summed E-state index contributed by atoms with van der Waals surface area (Å²) in [6, 6.07) is 8.67. The van der Waals surface area contributed by atoms with Gasteiger partial charge in [-0.15, -0.1) is 0 Å². The van der Waals surface area contributed by atoms with Crippen molar-refractivity contribution in [3.05, 3.63) is 29.8 Å². The quantitative estimate of drug-likeness (QED) is 0.781. The molecule has 0 unspecified atom stereocenters. The molecule has 126 valence electrons. The largest absolute Gasteiger partial charge is 0.444 e. The first-order chi connectivity index (χ1) is 10.9. The zero-order valence-corrected chi connectivity index (χ0v) is 14.5. The van der Waals surface area contributed by atoms with Crippen molar-refractivity contribution in [3.63, 3.8) is 0 Å². The number of hydrogen-bond donors (Lipinski definition) is 1. The van der Waals surface area contributed by atoms with Crippen LogP contribution in [0.1, 0.15) is 52.0 Å². The van der Waals surface area contributed by atoms with E-state index in [1.165, 1.54) is 24.1 Å². The number of rotatable bonds is 0. The van der Waals surface area contributed by atoms with E-state index in [0.717, 1.165) is 32.5 Å². The lowest BCUT2D eigenvalue weighted by Gasteiger charge is -2.42. The minimum Gasteiger partial charge on any atom is -0.444 e. The monoisotopic (exact) mass is 316 g/mol. The Morgan fingerprint density at radius 2 is 1.87 bits per heavy atom. The lowest BCUT2D eigenvalue weighted by atomic mass is 9.70. The van der Waals surface area contributed by atoms with Crippen LogP contribution >= 0.6 is 0 Å². The first-order valence-corrected chi connectivity index (χ1v) is 8.71. The van der Waals surface area contributed by atoms with Gasteiger partial charge in [0.05, 0.1) is 0 Å². The van der Waals surface area contributed by atoms with Crippen LogP contribution in [0.2, 0.25) is 0 Å². The highest BCUT2D eigenvalue weighted by Crippen LogP contribution is 2.44. The number of nitrogens with zero attached hydrogens (tertiary/aromatic N) is 1. The average Bonchev–Trinajstić information content (AvgIpc) is 2.67. The van der Waals surface area contributed by atoms with Crippen molar-refractivity contribution in [3.8, 4) is 0 Å². The SMILES string of the molecule is CC(C)(C)OC(=O)N1CCC2(CCCNc3ccccc32)CC1. The van der Waals surface area contributed by atoms with Gasteiger partial charge >= 0.3 is 6.09 Å². The van der Waals surface area contributed by atoms with Crippen LogP contribution < -0.4 is 5.32 Å². The summed E-state index contributed by atoms with van der Waals surface area (Å²) in [7, 11) is 0. The van der Waals surface area contributed by atoms with Crippen LogP contribution in [0.3, 0.4) is 0 Å². The van der Waals surface area contributed by atoms with Crippen LogP contribution in [0.4, 0.5) is 10.5 Å². The summed E-state index contributed by atoms with van der Waals surface area (Å²) in [6.07, 6.45) is 4.24. The molecule has 1 fully saturated rings. The maximum absolute atomic E-state index is 12.3. The number of amides is 1. The zero-order valence-electron chi connectivity index (χ0n) is 14.5. The summed E-state index contributed by atoms with van der Waals surface area (Å²) in [5, 5.41) is 3.56.